The molecule has 2 N–H and O–H groups in total. The maximum atomic E-state index is 12.4. The fourth-order valence-corrected chi connectivity index (χ4v) is 4.03. The first-order valence-electron chi connectivity index (χ1n) is 5.74. The second-order valence-corrected chi connectivity index (χ2v) is 6.37. The summed E-state index contributed by atoms with van der Waals surface area (Å²) in [6.07, 6.45) is 4.35. The van der Waals surface area contributed by atoms with Crippen molar-refractivity contribution >= 4 is 15.8 Å². The monoisotopic (exact) mass is 258 g/mol. The molecule has 1 saturated heterocycles. The Hall–Kier alpha value is -1.08. The van der Waals surface area contributed by atoms with Gasteiger partial charge in [-0.05, 0) is 19.8 Å². The number of nitrogens with two attached hydrogens (primary N) is 1. The number of nitrogen functional groups attached to an aromatic ring is 1. The van der Waals surface area contributed by atoms with Crippen LogP contribution in [0.25, 0.3) is 0 Å². The maximum Gasteiger partial charge on any atom is 0.248 e. The van der Waals surface area contributed by atoms with Gasteiger partial charge in [-0.1, -0.05) is 6.42 Å². The van der Waals surface area contributed by atoms with E-state index in [9.17, 15) is 8.42 Å². The Morgan fingerprint density at radius 3 is 2.71 bits per heavy atom. The zero-order valence-corrected chi connectivity index (χ0v) is 10.9. The van der Waals surface area contributed by atoms with Gasteiger partial charge < -0.3 is 5.73 Å². The van der Waals surface area contributed by atoms with E-state index in [0.29, 0.717) is 6.54 Å². The minimum absolute atomic E-state index is 0.0355. The Morgan fingerprint density at radius 2 is 2.18 bits per heavy atom. The van der Waals surface area contributed by atoms with Gasteiger partial charge in [-0.2, -0.15) is 9.40 Å². The zero-order chi connectivity index (χ0) is 12.6. The van der Waals surface area contributed by atoms with Crippen LogP contribution in [0.3, 0.4) is 0 Å². The van der Waals surface area contributed by atoms with Crippen molar-refractivity contribution in [2.75, 3.05) is 12.3 Å². The summed E-state index contributed by atoms with van der Waals surface area (Å²) in [5.74, 6) is 0.0743. The van der Waals surface area contributed by atoms with Crippen LogP contribution in [0.5, 0.6) is 0 Å². The van der Waals surface area contributed by atoms with Gasteiger partial charge in [0.2, 0.25) is 10.0 Å². The summed E-state index contributed by atoms with van der Waals surface area (Å²) in [5.41, 5.74) is 5.64. The van der Waals surface area contributed by atoms with Gasteiger partial charge in [0.15, 0.2) is 5.82 Å². The van der Waals surface area contributed by atoms with Crippen molar-refractivity contribution in [3.8, 4) is 0 Å². The molecular formula is C10H18N4O2S. The molecule has 0 spiro atoms. The molecule has 2 heterocycles. The Bertz CT molecular complexity index is 508. The lowest BCUT2D eigenvalue weighted by Gasteiger charge is -2.31. The smallest absolute Gasteiger partial charge is 0.248 e. The van der Waals surface area contributed by atoms with Crippen LogP contribution in [0.4, 0.5) is 5.82 Å². The van der Waals surface area contributed by atoms with Gasteiger partial charge in [-0.15, -0.1) is 0 Å². The third kappa shape index (κ3) is 2.16. The van der Waals surface area contributed by atoms with Crippen LogP contribution in [0.2, 0.25) is 0 Å². The highest BCUT2D eigenvalue weighted by Crippen LogP contribution is 2.27. The molecule has 1 aromatic rings. The van der Waals surface area contributed by atoms with E-state index in [-0.39, 0.29) is 16.8 Å². The summed E-state index contributed by atoms with van der Waals surface area (Å²) in [6.45, 7) is 2.50. The fraction of sp³-hybridized carbons (Fsp3) is 0.700. The number of nitrogens with zero attached hydrogens (tertiary/aromatic N) is 3. The molecule has 1 atom stereocenters. The van der Waals surface area contributed by atoms with Crippen LogP contribution in [-0.2, 0) is 17.1 Å². The van der Waals surface area contributed by atoms with Crippen molar-refractivity contribution in [1.82, 2.24) is 14.1 Å². The van der Waals surface area contributed by atoms with Crippen molar-refractivity contribution in [1.29, 1.82) is 0 Å². The van der Waals surface area contributed by atoms with Gasteiger partial charge in [-0.3, -0.25) is 4.68 Å². The number of aromatic nitrogens is 2. The molecule has 1 fully saturated rings. The van der Waals surface area contributed by atoms with Crippen molar-refractivity contribution in [2.45, 2.75) is 37.1 Å². The number of piperidine rings is 1. The van der Waals surface area contributed by atoms with Crippen LogP contribution in [0.1, 0.15) is 26.2 Å². The average Bonchev–Trinajstić information content (AvgIpc) is 2.59. The molecule has 96 valence electrons. The van der Waals surface area contributed by atoms with Crippen molar-refractivity contribution in [3.05, 3.63) is 6.20 Å². The standard InChI is InChI=1S/C10H18N4O2S/c1-8-5-3-4-6-14(8)17(15,16)9-7-13(2)12-10(9)11/h7-8H,3-6H2,1-2H3,(H2,11,12). The number of sulfonamides is 1. The van der Waals surface area contributed by atoms with E-state index in [0.717, 1.165) is 19.3 Å². The van der Waals surface area contributed by atoms with Gasteiger partial charge in [0.05, 0.1) is 0 Å². The highest BCUT2D eigenvalue weighted by molar-refractivity contribution is 7.89. The van der Waals surface area contributed by atoms with Crippen LogP contribution >= 0.6 is 0 Å². The summed E-state index contributed by atoms with van der Waals surface area (Å²) in [4.78, 5) is 0.119. The number of anilines is 1. The second kappa shape index (κ2) is 4.30. The Morgan fingerprint density at radius 1 is 1.47 bits per heavy atom. The number of hydrogen-bond acceptors (Lipinski definition) is 4. The lowest BCUT2D eigenvalue weighted by molar-refractivity contribution is 0.269. The molecule has 0 bridgehead atoms. The summed E-state index contributed by atoms with van der Waals surface area (Å²) in [5, 5.41) is 3.89. The first-order valence-corrected chi connectivity index (χ1v) is 7.18. The van der Waals surface area contributed by atoms with Crippen LogP contribution in [0.15, 0.2) is 11.1 Å². The largest absolute Gasteiger partial charge is 0.381 e. The Balaban J connectivity index is 2.39. The molecule has 1 aliphatic heterocycles. The first kappa shape index (κ1) is 12.4. The molecule has 1 aromatic heterocycles. The van der Waals surface area contributed by atoms with Gasteiger partial charge in [0, 0.05) is 25.8 Å². The average molecular weight is 258 g/mol. The molecule has 0 aliphatic carbocycles. The molecule has 2 rings (SSSR count). The zero-order valence-electron chi connectivity index (χ0n) is 10.1. The molecule has 1 unspecified atom stereocenters. The quantitative estimate of drug-likeness (QED) is 0.840. The second-order valence-electron chi connectivity index (χ2n) is 4.51. The molecule has 0 aromatic carbocycles. The van der Waals surface area contributed by atoms with Gasteiger partial charge in [0.25, 0.3) is 0 Å². The van der Waals surface area contributed by atoms with E-state index >= 15 is 0 Å². The van der Waals surface area contributed by atoms with Crippen molar-refractivity contribution in [2.24, 2.45) is 7.05 Å². The van der Waals surface area contributed by atoms with E-state index in [1.165, 1.54) is 15.2 Å². The molecular weight excluding hydrogens is 240 g/mol. The van der Waals surface area contributed by atoms with E-state index in [2.05, 4.69) is 5.10 Å². The third-order valence-corrected chi connectivity index (χ3v) is 5.18. The van der Waals surface area contributed by atoms with Gasteiger partial charge in [0.1, 0.15) is 4.90 Å². The van der Waals surface area contributed by atoms with Crippen LogP contribution in [-0.4, -0.2) is 35.1 Å². The third-order valence-electron chi connectivity index (χ3n) is 3.15. The van der Waals surface area contributed by atoms with Gasteiger partial charge in [-0.25, -0.2) is 8.42 Å². The minimum atomic E-state index is -3.50. The topological polar surface area (TPSA) is 81.2 Å². The molecule has 17 heavy (non-hydrogen) atoms. The molecule has 0 amide bonds. The molecule has 1 aliphatic rings. The summed E-state index contributed by atoms with van der Waals surface area (Å²) < 4.78 is 27.8. The van der Waals surface area contributed by atoms with Crippen LogP contribution in [0, 0.1) is 0 Å². The normalized spacial score (nSPS) is 22.8. The predicted octanol–water partition coefficient (Wildman–Crippen LogP) is 0.565. The number of rotatable bonds is 2. The fourth-order valence-electron chi connectivity index (χ4n) is 2.24. The summed E-state index contributed by atoms with van der Waals surface area (Å²) >= 11 is 0. The van der Waals surface area contributed by atoms with Crippen LogP contribution < -0.4 is 5.73 Å². The first-order chi connectivity index (χ1) is 7.93. The van der Waals surface area contributed by atoms with E-state index in [4.69, 9.17) is 5.73 Å². The molecule has 6 nitrogen and oxygen atoms in total. The predicted molar refractivity (Wildman–Crippen MR) is 64.8 cm³/mol. The lowest BCUT2D eigenvalue weighted by Crippen LogP contribution is -2.42. The number of hydrogen-bond donors (Lipinski definition) is 1. The highest BCUT2D eigenvalue weighted by atomic mass is 32.2. The Kier molecular flexibility index (Phi) is 3.13. The van der Waals surface area contributed by atoms with Crippen molar-refractivity contribution in [3.63, 3.8) is 0 Å². The Labute approximate surface area is 101 Å². The van der Waals surface area contributed by atoms with E-state index < -0.39 is 10.0 Å². The summed E-state index contributed by atoms with van der Waals surface area (Å²) in [7, 11) is -1.83. The number of aryl methyl sites for hydroxylation is 1. The van der Waals surface area contributed by atoms with E-state index in [1.54, 1.807) is 7.05 Å². The molecule has 0 radical (unpaired) electrons. The summed E-state index contributed by atoms with van der Waals surface area (Å²) in [6, 6.07) is 0.0355. The maximum absolute atomic E-state index is 12.4. The minimum Gasteiger partial charge on any atom is -0.381 e. The van der Waals surface area contributed by atoms with E-state index in [1.807, 2.05) is 6.92 Å². The highest BCUT2D eigenvalue weighted by Gasteiger charge is 2.33. The molecule has 7 heteroatoms. The van der Waals surface area contributed by atoms with Crippen molar-refractivity contribution < 1.29 is 8.42 Å². The van der Waals surface area contributed by atoms with Gasteiger partial charge >= 0.3 is 0 Å². The molecule has 0 saturated carbocycles. The lowest BCUT2D eigenvalue weighted by atomic mass is 10.1. The SMILES string of the molecule is CC1CCCCN1S(=O)(=O)c1cn(C)nc1N.